The predicted molar refractivity (Wildman–Crippen MR) is 241 cm³/mol. The maximum absolute atomic E-state index is 6.84. The Morgan fingerprint density at radius 2 is 0.948 bits per heavy atom. The molecule has 9 aromatic carbocycles. The van der Waals surface area contributed by atoms with E-state index in [0.717, 1.165) is 106 Å². The number of fused-ring (bicyclic) bond motifs is 5. The number of benzene rings is 9. The van der Waals surface area contributed by atoms with Crippen molar-refractivity contribution in [2.75, 3.05) is 4.90 Å². The summed E-state index contributed by atoms with van der Waals surface area (Å²) in [6, 6.07) is 74.3. The van der Waals surface area contributed by atoms with Crippen LogP contribution < -0.4 is 4.90 Å². The van der Waals surface area contributed by atoms with Crippen molar-refractivity contribution < 1.29 is 4.42 Å². The summed E-state index contributed by atoms with van der Waals surface area (Å²) < 4.78 is 6.84. The van der Waals surface area contributed by atoms with Crippen LogP contribution in [0.5, 0.6) is 0 Å². The molecule has 11 rings (SSSR count). The third-order valence-corrected chi connectivity index (χ3v) is 11.0. The fraction of sp³-hybridized carbons (Fsp3) is 0. The summed E-state index contributed by atoms with van der Waals surface area (Å²) in [5.41, 5.74) is 14.6. The quantitative estimate of drug-likeness (QED) is 0.163. The SMILES string of the molecule is c1ccc(-c2cccc(-c3nc4ccccc4nc3-c3ccc(-c4ccc5cc(N(c6ccccc6)c6ccccc6)ccc5c4)c4c3oc3ccccc34)c2)cc1. The Morgan fingerprint density at radius 1 is 0.362 bits per heavy atom. The first kappa shape index (κ1) is 33.5. The molecular formula is C54H35N3O. The molecule has 0 saturated heterocycles. The highest BCUT2D eigenvalue weighted by molar-refractivity contribution is 6.17. The molecule has 0 amide bonds. The van der Waals surface area contributed by atoms with Gasteiger partial charge in [-0.15, -0.1) is 0 Å². The van der Waals surface area contributed by atoms with Crippen LogP contribution in [0.25, 0.3) is 88.5 Å². The summed E-state index contributed by atoms with van der Waals surface area (Å²) in [4.78, 5) is 12.9. The van der Waals surface area contributed by atoms with E-state index in [2.05, 4.69) is 175 Å². The third kappa shape index (κ3) is 5.87. The van der Waals surface area contributed by atoms with Crippen molar-refractivity contribution in [1.29, 1.82) is 0 Å². The van der Waals surface area contributed by atoms with E-state index in [1.54, 1.807) is 0 Å². The van der Waals surface area contributed by atoms with Crippen LogP contribution in [0.4, 0.5) is 17.1 Å². The minimum atomic E-state index is 0.784. The molecule has 2 aromatic heterocycles. The molecule has 2 heterocycles. The first-order valence-electron chi connectivity index (χ1n) is 19.6. The molecule has 0 unspecified atom stereocenters. The topological polar surface area (TPSA) is 42.2 Å². The number of rotatable bonds is 7. The van der Waals surface area contributed by atoms with Crippen LogP contribution in [-0.2, 0) is 0 Å². The summed E-state index contributed by atoms with van der Waals surface area (Å²) in [5.74, 6) is 0. The Hall–Kier alpha value is -7.82. The van der Waals surface area contributed by atoms with Gasteiger partial charge in [0.2, 0.25) is 0 Å². The number of anilines is 3. The third-order valence-electron chi connectivity index (χ3n) is 11.0. The van der Waals surface area contributed by atoms with Gasteiger partial charge in [-0.05, 0) is 106 Å². The largest absolute Gasteiger partial charge is 0.455 e. The van der Waals surface area contributed by atoms with E-state index in [1.165, 1.54) is 0 Å². The lowest BCUT2D eigenvalue weighted by molar-refractivity contribution is 0.670. The standard InChI is InChI=1S/C54H35N3O/c1-4-15-36(16-5-1)37-17-14-18-41(34-37)52-53(56-49-25-12-11-24-48(49)55-52)47-32-31-45(51-46-23-10-13-26-50(46)58-54(47)51)40-28-27-39-35-44(30-29-38(39)33-40)57(42-19-6-2-7-20-42)43-21-8-3-9-22-43/h1-35H. The van der Waals surface area contributed by atoms with Crippen LogP contribution in [0.3, 0.4) is 0 Å². The van der Waals surface area contributed by atoms with Gasteiger partial charge in [-0.25, -0.2) is 9.97 Å². The summed E-state index contributed by atoms with van der Waals surface area (Å²) in [7, 11) is 0. The Labute approximate surface area is 335 Å². The van der Waals surface area contributed by atoms with Crippen molar-refractivity contribution in [2.24, 2.45) is 0 Å². The van der Waals surface area contributed by atoms with Gasteiger partial charge in [-0.2, -0.15) is 0 Å². The van der Waals surface area contributed by atoms with E-state index < -0.39 is 0 Å². The Balaban J connectivity index is 1.07. The lowest BCUT2D eigenvalue weighted by Gasteiger charge is -2.25. The van der Waals surface area contributed by atoms with Crippen molar-refractivity contribution >= 4 is 60.8 Å². The molecule has 272 valence electrons. The van der Waals surface area contributed by atoms with Gasteiger partial charge in [0, 0.05) is 39.0 Å². The number of furan rings is 1. The molecule has 0 aliphatic carbocycles. The highest BCUT2D eigenvalue weighted by Gasteiger charge is 2.22. The monoisotopic (exact) mass is 741 g/mol. The van der Waals surface area contributed by atoms with Gasteiger partial charge in [0.25, 0.3) is 0 Å². The van der Waals surface area contributed by atoms with Crippen molar-refractivity contribution in [1.82, 2.24) is 9.97 Å². The van der Waals surface area contributed by atoms with E-state index in [-0.39, 0.29) is 0 Å². The minimum Gasteiger partial charge on any atom is -0.455 e. The Bertz CT molecular complexity index is 3240. The van der Waals surface area contributed by atoms with Crippen LogP contribution in [0.15, 0.2) is 217 Å². The number of para-hydroxylation sites is 5. The van der Waals surface area contributed by atoms with E-state index in [4.69, 9.17) is 14.4 Å². The number of hydrogen-bond donors (Lipinski definition) is 0. The first-order chi connectivity index (χ1) is 28.7. The van der Waals surface area contributed by atoms with Gasteiger partial charge in [0.1, 0.15) is 16.9 Å². The molecule has 0 fully saturated rings. The zero-order valence-electron chi connectivity index (χ0n) is 31.5. The highest BCUT2D eigenvalue weighted by atomic mass is 16.3. The predicted octanol–water partition coefficient (Wildman–Crippen LogP) is 14.8. The van der Waals surface area contributed by atoms with Gasteiger partial charge in [0.15, 0.2) is 0 Å². The van der Waals surface area contributed by atoms with Gasteiger partial charge >= 0.3 is 0 Å². The average molecular weight is 742 g/mol. The molecule has 11 aromatic rings. The van der Waals surface area contributed by atoms with Crippen LogP contribution in [-0.4, -0.2) is 9.97 Å². The zero-order valence-corrected chi connectivity index (χ0v) is 31.5. The Morgan fingerprint density at radius 3 is 1.71 bits per heavy atom. The summed E-state index contributed by atoms with van der Waals surface area (Å²) >= 11 is 0. The molecule has 4 heteroatoms. The Kier molecular flexibility index (Phi) is 8.11. The van der Waals surface area contributed by atoms with Crippen molar-refractivity contribution in [3.8, 4) is 44.8 Å². The summed E-state index contributed by atoms with van der Waals surface area (Å²) in [5, 5.41) is 4.44. The maximum atomic E-state index is 6.84. The maximum Gasteiger partial charge on any atom is 0.145 e. The van der Waals surface area contributed by atoms with Crippen LogP contribution in [0.2, 0.25) is 0 Å². The molecule has 0 saturated carbocycles. The van der Waals surface area contributed by atoms with Gasteiger partial charge in [-0.1, -0.05) is 140 Å². The van der Waals surface area contributed by atoms with Crippen molar-refractivity contribution in [3.05, 3.63) is 212 Å². The second kappa shape index (κ2) is 14.0. The average Bonchev–Trinajstić information content (AvgIpc) is 3.69. The summed E-state index contributed by atoms with van der Waals surface area (Å²) in [6.45, 7) is 0. The minimum absolute atomic E-state index is 0.784. The van der Waals surface area contributed by atoms with Gasteiger partial charge in [0.05, 0.1) is 16.7 Å². The fourth-order valence-corrected chi connectivity index (χ4v) is 8.26. The van der Waals surface area contributed by atoms with E-state index >= 15 is 0 Å². The molecule has 58 heavy (non-hydrogen) atoms. The molecule has 0 aliphatic rings. The lowest BCUT2D eigenvalue weighted by Crippen LogP contribution is -2.09. The zero-order chi connectivity index (χ0) is 38.4. The van der Waals surface area contributed by atoms with Crippen LogP contribution in [0.1, 0.15) is 0 Å². The molecule has 0 spiro atoms. The lowest BCUT2D eigenvalue weighted by atomic mass is 9.93. The second-order valence-electron chi connectivity index (χ2n) is 14.6. The van der Waals surface area contributed by atoms with E-state index in [0.29, 0.717) is 0 Å². The molecule has 0 radical (unpaired) electrons. The number of nitrogens with zero attached hydrogens (tertiary/aromatic N) is 3. The molecule has 0 N–H and O–H groups in total. The van der Waals surface area contributed by atoms with Crippen LogP contribution >= 0.6 is 0 Å². The highest BCUT2D eigenvalue weighted by Crippen LogP contribution is 2.45. The molecular weight excluding hydrogens is 707 g/mol. The smallest absolute Gasteiger partial charge is 0.145 e. The molecule has 0 atom stereocenters. The number of hydrogen-bond acceptors (Lipinski definition) is 4. The molecule has 0 aliphatic heterocycles. The van der Waals surface area contributed by atoms with Crippen molar-refractivity contribution in [2.45, 2.75) is 0 Å². The van der Waals surface area contributed by atoms with Crippen LogP contribution in [0, 0.1) is 0 Å². The molecule has 0 bridgehead atoms. The fourth-order valence-electron chi connectivity index (χ4n) is 8.26. The number of aromatic nitrogens is 2. The normalized spacial score (nSPS) is 11.4. The first-order valence-corrected chi connectivity index (χ1v) is 19.6. The van der Waals surface area contributed by atoms with Gasteiger partial charge < -0.3 is 9.32 Å². The van der Waals surface area contributed by atoms with E-state index in [9.17, 15) is 0 Å². The summed E-state index contributed by atoms with van der Waals surface area (Å²) in [6.07, 6.45) is 0. The molecule has 4 nitrogen and oxygen atoms in total. The van der Waals surface area contributed by atoms with E-state index in [1.807, 2.05) is 42.5 Å². The second-order valence-corrected chi connectivity index (χ2v) is 14.6. The van der Waals surface area contributed by atoms with Gasteiger partial charge in [-0.3, -0.25) is 0 Å². The van der Waals surface area contributed by atoms with Crippen molar-refractivity contribution in [3.63, 3.8) is 0 Å².